The summed E-state index contributed by atoms with van der Waals surface area (Å²) in [4.78, 5) is 12.2. The molecule has 2 aromatic rings. The van der Waals surface area contributed by atoms with Crippen molar-refractivity contribution >= 4 is 15.9 Å². The molecule has 1 saturated heterocycles. The first-order valence-electron chi connectivity index (χ1n) is 10.7. The van der Waals surface area contributed by atoms with Gasteiger partial charge in [-0.25, -0.2) is 8.42 Å². The van der Waals surface area contributed by atoms with E-state index < -0.39 is 10.0 Å². The Hall–Kier alpha value is -2.58. The first-order chi connectivity index (χ1) is 15.1. The molecule has 1 aliphatic rings. The van der Waals surface area contributed by atoms with E-state index in [-0.39, 0.29) is 10.8 Å². The number of amides is 1. The van der Waals surface area contributed by atoms with Gasteiger partial charge in [-0.2, -0.15) is 4.31 Å². The zero-order valence-electron chi connectivity index (χ0n) is 17.7. The van der Waals surface area contributed by atoms with E-state index in [1.54, 1.807) is 28.6 Å². The van der Waals surface area contributed by atoms with Crippen molar-refractivity contribution in [3.8, 4) is 11.5 Å². The van der Waals surface area contributed by atoms with Crippen LogP contribution in [0.3, 0.4) is 0 Å². The number of hydrogen-bond donors (Lipinski definition) is 1. The van der Waals surface area contributed by atoms with E-state index >= 15 is 0 Å². The number of ether oxygens (including phenoxy) is 2. The van der Waals surface area contributed by atoms with Gasteiger partial charge < -0.3 is 14.8 Å². The maximum Gasteiger partial charge on any atom is 0.243 e. The summed E-state index contributed by atoms with van der Waals surface area (Å²) in [5.41, 5.74) is 0. The standard InChI is InChI=1S/C23H30N2O5S/c26-23(10-7-18-29-20-8-3-1-4-9-20)24-15-19-30-21-11-13-22(14-12-21)31(27,28)25-16-5-2-6-17-25/h1,3-4,8-9,11-14H,2,5-7,10,15-19H2,(H,24,26). The van der Waals surface area contributed by atoms with Crippen LogP contribution in [0.1, 0.15) is 32.1 Å². The normalized spacial score (nSPS) is 14.7. The molecule has 1 heterocycles. The molecular formula is C23H30N2O5S. The summed E-state index contributed by atoms with van der Waals surface area (Å²) in [6, 6.07) is 16.0. The number of rotatable bonds is 11. The second kappa shape index (κ2) is 11.7. The molecule has 31 heavy (non-hydrogen) atoms. The number of sulfonamides is 1. The molecule has 3 rings (SSSR count). The third-order valence-electron chi connectivity index (χ3n) is 5.03. The van der Waals surface area contributed by atoms with E-state index in [4.69, 9.17) is 9.47 Å². The van der Waals surface area contributed by atoms with E-state index in [1.807, 2.05) is 30.3 Å². The van der Waals surface area contributed by atoms with Crippen LogP contribution >= 0.6 is 0 Å². The van der Waals surface area contributed by atoms with E-state index in [0.29, 0.717) is 51.4 Å². The van der Waals surface area contributed by atoms with Crippen molar-refractivity contribution in [2.75, 3.05) is 32.8 Å². The third-order valence-corrected chi connectivity index (χ3v) is 6.94. The molecule has 0 aromatic heterocycles. The fourth-order valence-electron chi connectivity index (χ4n) is 3.35. The maximum absolute atomic E-state index is 12.7. The zero-order chi connectivity index (χ0) is 21.9. The molecule has 1 aliphatic heterocycles. The van der Waals surface area contributed by atoms with Gasteiger partial charge in [-0.15, -0.1) is 0 Å². The van der Waals surface area contributed by atoms with Gasteiger partial charge in [-0.05, 0) is 55.7 Å². The molecule has 168 valence electrons. The van der Waals surface area contributed by atoms with E-state index in [1.165, 1.54) is 0 Å². The van der Waals surface area contributed by atoms with Crippen LogP contribution in [0.2, 0.25) is 0 Å². The second-order valence-corrected chi connectivity index (χ2v) is 9.34. The third kappa shape index (κ3) is 7.25. The van der Waals surface area contributed by atoms with Crippen LogP contribution in [0.15, 0.2) is 59.5 Å². The van der Waals surface area contributed by atoms with Crippen LogP contribution in [-0.4, -0.2) is 51.5 Å². The van der Waals surface area contributed by atoms with E-state index in [0.717, 1.165) is 25.0 Å². The van der Waals surface area contributed by atoms with Crippen molar-refractivity contribution in [3.05, 3.63) is 54.6 Å². The summed E-state index contributed by atoms with van der Waals surface area (Å²) in [6.07, 6.45) is 3.92. The molecule has 0 radical (unpaired) electrons. The minimum absolute atomic E-state index is 0.0526. The van der Waals surface area contributed by atoms with Gasteiger partial charge >= 0.3 is 0 Å². The Morgan fingerprint density at radius 2 is 1.52 bits per heavy atom. The van der Waals surface area contributed by atoms with Crippen molar-refractivity contribution in [1.29, 1.82) is 0 Å². The fourth-order valence-corrected chi connectivity index (χ4v) is 4.87. The monoisotopic (exact) mass is 446 g/mol. The van der Waals surface area contributed by atoms with Crippen LogP contribution in [0.25, 0.3) is 0 Å². The first-order valence-corrected chi connectivity index (χ1v) is 12.2. The molecule has 0 spiro atoms. The number of carbonyl (C=O) groups excluding carboxylic acids is 1. The molecule has 0 unspecified atom stereocenters. The lowest BCUT2D eigenvalue weighted by Crippen LogP contribution is -2.35. The minimum atomic E-state index is -3.43. The number of nitrogens with zero attached hydrogens (tertiary/aromatic N) is 1. The van der Waals surface area contributed by atoms with Crippen molar-refractivity contribution in [3.63, 3.8) is 0 Å². The molecule has 1 amide bonds. The summed E-state index contributed by atoms with van der Waals surface area (Å²) >= 11 is 0. The van der Waals surface area contributed by atoms with Crippen molar-refractivity contribution in [2.24, 2.45) is 0 Å². The maximum atomic E-state index is 12.7. The van der Waals surface area contributed by atoms with Crippen LogP contribution in [0, 0.1) is 0 Å². The predicted octanol–water partition coefficient (Wildman–Crippen LogP) is 3.22. The molecule has 1 fully saturated rings. The summed E-state index contributed by atoms with van der Waals surface area (Å²) in [5, 5.41) is 2.81. The highest BCUT2D eigenvalue weighted by atomic mass is 32.2. The van der Waals surface area contributed by atoms with Gasteiger partial charge in [0.2, 0.25) is 15.9 Å². The summed E-state index contributed by atoms with van der Waals surface area (Å²) in [6.45, 7) is 2.34. The Labute approximate surface area is 184 Å². The Bertz CT molecular complexity index is 911. The van der Waals surface area contributed by atoms with E-state index in [2.05, 4.69) is 5.32 Å². The molecule has 0 saturated carbocycles. The average molecular weight is 447 g/mol. The van der Waals surface area contributed by atoms with Gasteiger partial charge in [0.15, 0.2) is 0 Å². The minimum Gasteiger partial charge on any atom is -0.494 e. The summed E-state index contributed by atoms with van der Waals surface area (Å²) in [7, 11) is -3.43. The topological polar surface area (TPSA) is 84.9 Å². The lowest BCUT2D eigenvalue weighted by molar-refractivity contribution is -0.121. The molecule has 2 aromatic carbocycles. The Morgan fingerprint density at radius 3 is 2.23 bits per heavy atom. The Kier molecular flexibility index (Phi) is 8.73. The lowest BCUT2D eigenvalue weighted by atomic mass is 10.2. The van der Waals surface area contributed by atoms with Crippen LogP contribution in [0.4, 0.5) is 0 Å². The van der Waals surface area contributed by atoms with Gasteiger partial charge in [0.1, 0.15) is 18.1 Å². The second-order valence-electron chi connectivity index (χ2n) is 7.40. The van der Waals surface area contributed by atoms with Gasteiger partial charge in [0.25, 0.3) is 0 Å². The lowest BCUT2D eigenvalue weighted by Gasteiger charge is -2.25. The molecular weight excluding hydrogens is 416 g/mol. The number of para-hydroxylation sites is 1. The molecule has 0 atom stereocenters. The van der Waals surface area contributed by atoms with Crippen LogP contribution < -0.4 is 14.8 Å². The fraction of sp³-hybridized carbons (Fsp3) is 0.435. The first kappa shape index (κ1) is 23.1. The Morgan fingerprint density at radius 1 is 0.871 bits per heavy atom. The predicted molar refractivity (Wildman–Crippen MR) is 119 cm³/mol. The van der Waals surface area contributed by atoms with Gasteiger partial charge in [-0.1, -0.05) is 24.6 Å². The van der Waals surface area contributed by atoms with Gasteiger partial charge in [0.05, 0.1) is 18.0 Å². The van der Waals surface area contributed by atoms with Gasteiger partial charge in [-0.3, -0.25) is 4.79 Å². The number of carbonyl (C=O) groups is 1. The highest BCUT2D eigenvalue weighted by Crippen LogP contribution is 2.22. The molecule has 1 N–H and O–H groups in total. The summed E-state index contributed by atoms with van der Waals surface area (Å²) < 4.78 is 38.0. The smallest absolute Gasteiger partial charge is 0.243 e. The van der Waals surface area contributed by atoms with Crippen molar-refractivity contribution in [2.45, 2.75) is 37.0 Å². The average Bonchev–Trinajstić information content (AvgIpc) is 2.81. The molecule has 0 aliphatic carbocycles. The zero-order valence-corrected chi connectivity index (χ0v) is 18.5. The summed E-state index contributed by atoms with van der Waals surface area (Å²) in [5.74, 6) is 1.32. The van der Waals surface area contributed by atoms with E-state index in [9.17, 15) is 13.2 Å². The molecule has 8 heteroatoms. The van der Waals surface area contributed by atoms with Crippen molar-refractivity contribution in [1.82, 2.24) is 9.62 Å². The number of hydrogen-bond acceptors (Lipinski definition) is 5. The van der Waals surface area contributed by atoms with Crippen molar-refractivity contribution < 1.29 is 22.7 Å². The SMILES string of the molecule is O=C(CCCOc1ccccc1)NCCOc1ccc(S(=O)(=O)N2CCCCC2)cc1. The number of benzene rings is 2. The number of nitrogens with one attached hydrogen (secondary N) is 1. The highest BCUT2D eigenvalue weighted by Gasteiger charge is 2.25. The largest absolute Gasteiger partial charge is 0.494 e. The quantitative estimate of drug-likeness (QED) is 0.536. The highest BCUT2D eigenvalue weighted by molar-refractivity contribution is 7.89. The van der Waals surface area contributed by atoms with Gasteiger partial charge in [0, 0.05) is 19.5 Å². The van der Waals surface area contributed by atoms with Crippen LogP contribution in [0.5, 0.6) is 11.5 Å². The molecule has 7 nitrogen and oxygen atoms in total. The molecule has 0 bridgehead atoms. The Balaban J connectivity index is 1.32. The number of piperidine rings is 1. The van der Waals surface area contributed by atoms with Crippen LogP contribution in [-0.2, 0) is 14.8 Å².